The number of hydrogen-bond acceptors (Lipinski definition) is 5. The van der Waals surface area contributed by atoms with Crippen molar-refractivity contribution in [1.29, 1.82) is 0 Å². The van der Waals surface area contributed by atoms with E-state index in [2.05, 4.69) is 4.90 Å². The number of alkyl halides is 3. The molecule has 0 bridgehead atoms. The van der Waals surface area contributed by atoms with Crippen LogP contribution in [0.4, 0.5) is 17.6 Å². The van der Waals surface area contributed by atoms with Gasteiger partial charge in [0.25, 0.3) is 5.91 Å². The highest BCUT2D eigenvalue weighted by Crippen LogP contribution is 2.36. The number of carboxylic acid groups (broad SMARTS) is 1. The molecule has 1 N–H and O–H groups in total. The Morgan fingerprint density at radius 3 is 2.48 bits per heavy atom. The molecule has 3 saturated heterocycles. The number of ether oxygens (including phenoxy) is 1. The molecule has 0 aliphatic carbocycles. The molecule has 1 aromatic rings. The van der Waals surface area contributed by atoms with Gasteiger partial charge in [0.1, 0.15) is 5.82 Å². The number of likely N-dealkylation sites (tertiary alicyclic amines) is 1. The number of carbonyl (C=O) groups is 2. The summed E-state index contributed by atoms with van der Waals surface area (Å²) in [5.74, 6) is -2.42. The minimum Gasteiger partial charge on any atom is -0.475 e. The number of rotatable bonds is 3. The Bertz CT molecular complexity index is 785. The van der Waals surface area contributed by atoms with E-state index >= 15 is 0 Å². The van der Waals surface area contributed by atoms with Gasteiger partial charge in [0, 0.05) is 25.2 Å². The van der Waals surface area contributed by atoms with Crippen LogP contribution < -0.4 is 0 Å². The first-order chi connectivity index (χ1) is 14.7. The highest BCUT2D eigenvalue weighted by Gasteiger charge is 2.45. The van der Waals surface area contributed by atoms with E-state index in [0.717, 1.165) is 19.5 Å². The second-order valence-electron chi connectivity index (χ2n) is 7.78. The molecule has 3 aliphatic rings. The zero-order valence-corrected chi connectivity index (χ0v) is 16.7. The van der Waals surface area contributed by atoms with E-state index in [1.165, 1.54) is 11.1 Å². The SMILES string of the molecule is O=C(O)C(F)(F)F.O=C([C@@H]1COC[C@H]2CN(Cc3ccccc3F)C[C@H]21)N1CCCO1. The molecule has 0 aromatic heterocycles. The van der Waals surface area contributed by atoms with Crippen molar-refractivity contribution in [1.82, 2.24) is 9.96 Å². The Balaban J connectivity index is 0.000000339. The summed E-state index contributed by atoms with van der Waals surface area (Å²) in [6.07, 6.45) is -4.19. The fraction of sp³-hybridized carbons (Fsp3) is 0.600. The van der Waals surface area contributed by atoms with Crippen LogP contribution in [-0.4, -0.2) is 72.6 Å². The second-order valence-corrected chi connectivity index (χ2v) is 7.78. The molecule has 1 aromatic carbocycles. The van der Waals surface area contributed by atoms with Gasteiger partial charge in [0.2, 0.25) is 0 Å². The maximum Gasteiger partial charge on any atom is 0.490 e. The number of carbonyl (C=O) groups excluding carboxylic acids is 1. The van der Waals surface area contributed by atoms with Crippen molar-refractivity contribution < 1.29 is 41.8 Å². The summed E-state index contributed by atoms with van der Waals surface area (Å²) in [5.41, 5.74) is 0.711. The first kappa shape index (κ1) is 23.4. The Morgan fingerprint density at radius 1 is 1.16 bits per heavy atom. The van der Waals surface area contributed by atoms with Crippen molar-refractivity contribution in [3.63, 3.8) is 0 Å². The van der Waals surface area contributed by atoms with Gasteiger partial charge in [-0.1, -0.05) is 18.2 Å². The molecule has 3 aliphatic heterocycles. The standard InChI is InChI=1S/C18H23FN2O3.C2HF3O2/c19-17-5-2-1-4-13(17)8-20-9-14-11-23-12-16(15(14)10-20)18(22)21-6-3-7-24-21;3-2(4,5)1(6)7/h1-2,4-5,14-16H,3,6-12H2;(H,6,7)/t14-,15-,16-;/m1./s1. The summed E-state index contributed by atoms with van der Waals surface area (Å²) < 4.78 is 51.3. The number of hydrogen-bond donors (Lipinski definition) is 1. The second kappa shape index (κ2) is 9.92. The summed E-state index contributed by atoms with van der Waals surface area (Å²) in [5, 5.41) is 8.63. The van der Waals surface area contributed by atoms with Crippen molar-refractivity contribution in [2.24, 2.45) is 17.8 Å². The first-order valence-electron chi connectivity index (χ1n) is 9.94. The normalized spacial score (nSPS) is 26.2. The zero-order chi connectivity index (χ0) is 22.6. The van der Waals surface area contributed by atoms with Gasteiger partial charge >= 0.3 is 12.1 Å². The van der Waals surface area contributed by atoms with Gasteiger partial charge in [0.15, 0.2) is 0 Å². The van der Waals surface area contributed by atoms with Gasteiger partial charge < -0.3 is 9.84 Å². The van der Waals surface area contributed by atoms with E-state index in [1.54, 1.807) is 6.07 Å². The summed E-state index contributed by atoms with van der Waals surface area (Å²) in [6.45, 7) is 4.69. The number of nitrogens with zero attached hydrogens (tertiary/aromatic N) is 2. The summed E-state index contributed by atoms with van der Waals surface area (Å²) >= 11 is 0. The van der Waals surface area contributed by atoms with Crippen molar-refractivity contribution >= 4 is 11.9 Å². The van der Waals surface area contributed by atoms with Gasteiger partial charge in [-0.25, -0.2) is 14.2 Å². The van der Waals surface area contributed by atoms with E-state index < -0.39 is 12.1 Å². The first-order valence-corrected chi connectivity index (χ1v) is 9.94. The minimum atomic E-state index is -5.08. The van der Waals surface area contributed by atoms with Crippen LogP contribution in [0.3, 0.4) is 0 Å². The Labute approximate surface area is 176 Å². The van der Waals surface area contributed by atoms with E-state index in [4.69, 9.17) is 19.5 Å². The van der Waals surface area contributed by atoms with Crippen LogP contribution in [0.25, 0.3) is 0 Å². The minimum absolute atomic E-state index is 0.0509. The third-order valence-electron chi connectivity index (χ3n) is 5.62. The van der Waals surface area contributed by atoms with Crippen LogP contribution in [0.15, 0.2) is 24.3 Å². The van der Waals surface area contributed by atoms with Crippen LogP contribution in [0.1, 0.15) is 12.0 Å². The number of aliphatic carboxylic acids is 1. The highest BCUT2D eigenvalue weighted by atomic mass is 19.4. The zero-order valence-electron chi connectivity index (χ0n) is 16.7. The molecule has 0 radical (unpaired) electrons. The number of carboxylic acids is 1. The molecule has 1 amide bonds. The number of benzene rings is 1. The predicted octanol–water partition coefficient (Wildman–Crippen LogP) is 2.32. The number of hydroxylamine groups is 2. The van der Waals surface area contributed by atoms with E-state index in [0.29, 0.717) is 44.4 Å². The molecule has 7 nitrogen and oxygen atoms in total. The van der Waals surface area contributed by atoms with Crippen molar-refractivity contribution in [2.75, 3.05) is 39.5 Å². The van der Waals surface area contributed by atoms with Crippen LogP contribution >= 0.6 is 0 Å². The van der Waals surface area contributed by atoms with Gasteiger partial charge in [-0.3, -0.25) is 14.5 Å². The van der Waals surface area contributed by atoms with Crippen molar-refractivity contribution in [3.8, 4) is 0 Å². The fourth-order valence-electron chi connectivity index (χ4n) is 4.15. The highest BCUT2D eigenvalue weighted by molar-refractivity contribution is 5.78. The van der Waals surface area contributed by atoms with Crippen LogP contribution in [-0.2, 0) is 25.7 Å². The Hall–Kier alpha value is -2.24. The van der Waals surface area contributed by atoms with Gasteiger partial charge in [0.05, 0.1) is 32.3 Å². The van der Waals surface area contributed by atoms with Gasteiger partial charge in [-0.15, -0.1) is 0 Å². The largest absolute Gasteiger partial charge is 0.490 e. The smallest absolute Gasteiger partial charge is 0.475 e. The van der Waals surface area contributed by atoms with Crippen LogP contribution in [0.5, 0.6) is 0 Å². The number of fused-ring (bicyclic) bond motifs is 1. The molecular formula is C20H24F4N2O5. The maximum atomic E-state index is 13.9. The Morgan fingerprint density at radius 2 is 1.87 bits per heavy atom. The van der Waals surface area contributed by atoms with Crippen LogP contribution in [0.2, 0.25) is 0 Å². The molecule has 0 unspecified atom stereocenters. The number of halogens is 4. The lowest BCUT2D eigenvalue weighted by Gasteiger charge is -2.33. The topological polar surface area (TPSA) is 79.3 Å². The third-order valence-corrected chi connectivity index (χ3v) is 5.62. The van der Waals surface area contributed by atoms with Crippen LogP contribution in [0, 0.1) is 23.6 Å². The van der Waals surface area contributed by atoms with E-state index in [9.17, 15) is 22.4 Å². The van der Waals surface area contributed by atoms with Crippen molar-refractivity contribution in [2.45, 2.75) is 19.1 Å². The lowest BCUT2D eigenvalue weighted by molar-refractivity contribution is -0.192. The molecule has 0 saturated carbocycles. The molecule has 11 heteroatoms. The summed E-state index contributed by atoms with van der Waals surface area (Å²) in [7, 11) is 0. The fourth-order valence-corrected chi connectivity index (χ4v) is 4.15. The lowest BCUT2D eigenvalue weighted by atomic mass is 9.82. The molecular weight excluding hydrogens is 424 g/mol. The van der Waals surface area contributed by atoms with Crippen molar-refractivity contribution in [3.05, 3.63) is 35.6 Å². The average molecular weight is 448 g/mol. The third kappa shape index (κ3) is 5.92. The summed E-state index contributed by atoms with van der Waals surface area (Å²) in [4.78, 5) is 29.3. The monoisotopic (exact) mass is 448 g/mol. The molecule has 0 spiro atoms. The average Bonchev–Trinajstić information content (AvgIpc) is 3.38. The molecule has 3 heterocycles. The molecule has 31 heavy (non-hydrogen) atoms. The predicted molar refractivity (Wildman–Crippen MR) is 98.9 cm³/mol. The molecule has 172 valence electrons. The lowest BCUT2D eigenvalue weighted by Crippen LogP contribution is -2.45. The summed E-state index contributed by atoms with van der Waals surface area (Å²) in [6, 6.07) is 6.90. The van der Waals surface area contributed by atoms with E-state index in [1.807, 2.05) is 12.1 Å². The number of amides is 1. The molecule has 4 rings (SSSR count). The maximum absolute atomic E-state index is 13.9. The molecule has 3 fully saturated rings. The molecule has 3 atom stereocenters. The van der Waals surface area contributed by atoms with Gasteiger partial charge in [-0.2, -0.15) is 13.2 Å². The van der Waals surface area contributed by atoms with E-state index in [-0.39, 0.29) is 23.6 Å². The van der Waals surface area contributed by atoms with Gasteiger partial charge in [-0.05, 0) is 24.3 Å². The quantitative estimate of drug-likeness (QED) is 0.716. The Kier molecular flexibility index (Phi) is 7.50.